The fraction of sp³-hybridized carbons (Fsp3) is 0.241. The molecule has 10 heteroatoms. The summed E-state index contributed by atoms with van der Waals surface area (Å²) < 4.78 is 5.96. The second-order valence-corrected chi connectivity index (χ2v) is 10.6. The monoisotopic (exact) mass is 538 g/mol. The first-order valence-corrected chi connectivity index (χ1v) is 13.6. The number of pyridine rings is 1. The van der Waals surface area contributed by atoms with E-state index >= 15 is 0 Å². The number of aryl methyl sites for hydroxylation is 1. The Hall–Kier alpha value is -4.62. The number of thiophene rings is 1. The van der Waals surface area contributed by atoms with Crippen molar-refractivity contribution in [3.8, 4) is 17.7 Å². The molecule has 0 spiro atoms. The Morgan fingerprint density at radius 1 is 1.13 bits per heavy atom. The predicted octanol–water partition coefficient (Wildman–Crippen LogP) is 6.15. The first-order valence-electron chi connectivity index (χ1n) is 12.8. The Labute approximate surface area is 229 Å². The van der Waals surface area contributed by atoms with Gasteiger partial charge in [-0.2, -0.15) is 5.26 Å². The van der Waals surface area contributed by atoms with E-state index in [4.69, 9.17) is 4.74 Å². The Morgan fingerprint density at radius 3 is 2.77 bits per heavy atom. The molecule has 1 unspecified atom stereocenters. The summed E-state index contributed by atoms with van der Waals surface area (Å²) in [6, 6.07) is 16.5. The Bertz CT molecular complexity index is 1610. The van der Waals surface area contributed by atoms with Crippen molar-refractivity contribution in [2.45, 2.75) is 32.2 Å². The van der Waals surface area contributed by atoms with Crippen LogP contribution in [0.1, 0.15) is 34.5 Å². The molecule has 196 valence electrons. The zero-order valence-electron chi connectivity index (χ0n) is 21.3. The van der Waals surface area contributed by atoms with Gasteiger partial charge in [0.15, 0.2) is 6.19 Å². The molecule has 0 bridgehead atoms. The summed E-state index contributed by atoms with van der Waals surface area (Å²) in [6.45, 7) is 3.25. The van der Waals surface area contributed by atoms with E-state index in [1.165, 1.54) is 11.3 Å². The molecule has 39 heavy (non-hydrogen) atoms. The van der Waals surface area contributed by atoms with Gasteiger partial charge in [-0.1, -0.05) is 18.2 Å². The number of carbonyl (C=O) groups is 2. The first kappa shape index (κ1) is 24.7. The van der Waals surface area contributed by atoms with E-state index in [1.807, 2.05) is 55.5 Å². The maximum atomic E-state index is 13.5. The summed E-state index contributed by atoms with van der Waals surface area (Å²) >= 11 is 1.27. The minimum Gasteiger partial charge on any atom is -0.457 e. The van der Waals surface area contributed by atoms with E-state index in [9.17, 15) is 14.9 Å². The van der Waals surface area contributed by atoms with Crippen molar-refractivity contribution >= 4 is 50.6 Å². The molecule has 1 saturated heterocycles. The highest BCUT2D eigenvalue weighted by molar-refractivity contribution is 7.21. The molecule has 2 aromatic heterocycles. The molecule has 0 radical (unpaired) electrons. The molecular formula is C29H26N6O3S. The number of nitrogens with zero attached hydrogens (tertiary/aromatic N) is 4. The zero-order chi connectivity index (χ0) is 26.9. The average molecular weight is 539 g/mol. The number of aromatic nitrogens is 1. The van der Waals surface area contributed by atoms with Crippen LogP contribution in [0.3, 0.4) is 0 Å². The minimum atomic E-state index is -0.346. The molecule has 3 amide bonds. The van der Waals surface area contributed by atoms with Crippen molar-refractivity contribution < 1.29 is 14.3 Å². The lowest BCUT2D eigenvalue weighted by Crippen LogP contribution is -2.37. The summed E-state index contributed by atoms with van der Waals surface area (Å²) in [4.78, 5) is 35.8. The molecule has 1 fully saturated rings. The molecule has 2 aliphatic rings. The molecule has 1 atom stereocenters. The van der Waals surface area contributed by atoms with E-state index in [0.717, 1.165) is 29.5 Å². The zero-order valence-corrected chi connectivity index (χ0v) is 22.1. The third-order valence-corrected chi connectivity index (χ3v) is 8.14. The smallest absolute Gasteiger partial charge is 0.331 e. The minimum absolute atomic E-state index is 0.0317. The van der Waals surface area contributed by atoms with Crippen molar-refractivity contribution in [1.29, 1.82) is 5.26 Å². The SMILES string of the molecule is Cc1cc(Oc2ccccc2)ccc1N1C(=O)Nc2c(C(=O)NC3CCCN(C#N)CC3)sc3nccc1c23. The van der Waals surface area contributed by atoms with Crippen LogP contribution >= 0.6 is 11.3 Å². The Kier molecular flexibility index (Phi) is 6.50. The van der Waals surface area contributed by atoms with Gasteiger partial charge in [-0.25, -0.2) is 9.78 Å². The van der Waals surface area contributed by atoms with E-state index in [0.29, 0.717) is 52.0 Å². The van der Waals surface area contributed by atoms with Crippen molar-refractivity contribution in [3.05, 3.63) is 71.2 Å². The number of likely N-dealkylation sites (tertiary alicyclic amines) is 1. The maximum Gasteiger partial charge on any atom is 0.331 e. The molecule has 9 nitrogen and oxygen atoms in total. The largest absolute Gasteiger partial charge is 0.457 e. The van der Waals surface area contributed by atoms with Gasteiger partial charge in [0.1, 0.15) is 21.2 Å². The summed E-state index contributed by atoms with van der Waals surface area (Å²) in [6.07, 6.45) is 6.20. The van der Waals surface area contributed by atoms with Crippen LogP contribution in [0, 0.1) is 18.4 Å². The van der Waals surface area contributed by atoms with Crippen LogP contribution in [0.15, 0.2) is 60.8 Å². The lowest BCUT2D eigenvalue weighted by molar-refractivity contribution is 0.0938. The quantitative estimate of drug-likeness (QED) is 0.295. The fourth-order valence-electron chi connectivity index (χ4n) is 5.14. The second kappa shape index (κ2) is 10.3. The highest BCUT2D eigenvalue weighted by Gasteiger charge is 2.34. The van der Waals surface area contributed by atoms with Gasteiger partial charge in [0.2, 0.25) is 0 Å². The average Bonchev–Trinajstić information content (AvgIpc) is 3.15. The number of para-hydroxylation sites is 1. The second-order valence-electron chi connectivity index (χ2n) is 9.63. The number of nitrogens with one attached hydrogen (secondary N) is 2. The van der Waals surface area contributed by atoms with Crippen molar-refractivity contribution in [1.82, 2.24) is 15.2 Å². The van der Waals surface area contributed by atoms with E-state index in [1.54, 1.807) is 22.1 Å². The van der Waals surface area contributed by atoms with E-state index < -0.39 is 0 Å². The molecule has 4 heterocycles. The number of urea groups is 1. The molecule has 2 N–H and O–H groups in total. The van der Waals surface area contributed by atoms with Gasteiger partial charge >= 0.3 is 6.03 Å². The van der Waals surface area contributed by atoms with E-state index in [-0.39, 0.29) is 18.0 Å². The van der Waals surface area contributed by atoms with E-state index in [2.05, 4.69) is 21.8 Å². The van der Waals surface area contributed by atoms with Crippen molar-refractivity contribution in [2.24, 2.45) is 0 Å². The van der Waals surface area contributed by atoms with Crippen molar-refractivity contribution in [2.75, 3.05) is 23.3 Å². The number of rotatable bonds is 5. The van der Waals surface area contributed by atoms with Gasteiger partial charge in [-0.3, -0.25) is 9.69 Å². The number of benzene rings is 2. The number of hydrogen-bond acceptors (Lipinski definition) is 7. The standard InChI is InChI=1S/C29H26N6O3S/c1-18-16-21(38-20-7-3-2-4-8-20)9-10-22(18)35-23-11-13-31-28-24(23)25(33-29(35)37)26(39-28)27(36)32-19-6-5-14-34(17-30)15-12-19/h2-4,7-11,13,16,19H,5-6,12,14-15H2,1H3,(H,32,36)(H,33,37). The fourth-order valence-corrected chi connectivity index (χ4v) is 6.16. The first-order chi connectivity index (χ1) is 19.0. The summed E-state index contributed by atoms with van der Waals surface area (Å²) in [5, 5.41) is 16.0. The van der Waals surface area contributed by atoms with Gasteiger partial charge in [0, 0.05) is 25.3 Å². The third kappa shape index (κ3) is 4.73. The van der Waals surface area contributed by atoms with Crippen LogP contribution in [0.25, 0.3) is 10.2 Å². The van der Waals surface area contributed by atoms with Crippen LogP contribution < -0.4 is 20.3 Å². The van der Waals surface area contributed by atoms with Crippen LogP contribution in [0.2, 0.25) is 0 Å². The summed E-state index contributed by atoms with van der Waals surface area (Å²) in [7, 11) is 0. The summed E-state index contributed by atoms with van der Waals surface area (Å²) in [5.74, 6) is 1.17. The van der Waals surface area contributed by atoms with Crippen LogP contribution in [-0.2, 0) is 0 Å². The Balaban J connectivity index is 1.30. The van der Waals surface area contributed by atoms with Gasteiger partial charge in [-0.05, 0) is 68.1 Å². The predicted molar refractivity (Wildman–Crippen MR) is 151 cm³/mol. The molecule has 2 aromatic carbocycles. The lowest BCUT2D eigenvalue weighted by Gasteiger charge is -2.29. The molecule has 6 rings (SSSR count). The summed E-state index contributed by atoms with van der Waals surface area (Å²) in [5.41, 5.74) is 2.74. The van der Waals surface area contributed by atoms with Gasteiger partial charge in [0.25, 0.3) is 5.91 Å². The normalized spacial score (nSPS) is 16.8. The van der Waals surface area contributed by atoms with Crippen LogP contribution in [0.5, 0.6) is 11.5 Å². The third-order valence-electron chi connectivity index (χ3n) is 7.04. The number of carbonyl (C=O) groups excluding carboxylic acids is 2. The molecule has 0 aliphatic carbocycles. The van der Waals surface area contributed by atoms with Gasteiger partial charge in [0.05, 0.1) is 22.4 Å². The number of anilines is 3. The lowest BCUT2D eigenvalue weighted by atomic mass is 10.1. The van der Waals surface area contributed by atoms with Crippen LogP contribution in [0.4, 0.5) is 21.9 Å². The number of hydrogen-bond donors (Lipinski definition) is 2. The number of nitriles is 1. The topological polar surface area (TPSA) is 111 Å². The Morgan fingerprint density at radius 2 is 1.97 bits per heavy atom. The molecule has 0 saturated carbocycles. The maximum absolute atomic E-state index is 13.5. The highest BCUT2D eigenvalue weighted by Crippen LogP contribution is 2.46. The number of ether oxygens (including phenoxy) is 1. The highest BCUT2D eigenvalue weighted by atomic mass is 32.1. The van der Waals surface area contributed by atoms with Gasteiger partial charge < -0.3 is 20.3 Å². The molecular weight excluding hydrogens is 512 g/mol. The molecule has 2 aliphatic heterocycles. The van der Waals surface area contributed by atoms with Crippen molar-refractivity contribution in [3.63, 3.8) is 0 Å². The molecule has 4 aromatic rings. The number of amides is 3. The van der Waals surface area contributed by atoms with Gasteiger partial charge in [-0.15, -0.1) is 11.3 Å². The van der Waals surface area contributed by atoms with Crippen LogP contribution in [-0.4, -0.2) is 41.0 Å².